The topological polar surface area (TPSA) is 59.3 Å². The fraction of sp³-hybridized carbons (Fsp3) is 0.400. The molecule has 144 valence electrons. The number of aromatic nitrogens is 1. The van der Waals surface area contributed by atoms with Gasteiger partial charge in [-0.1, -0.05) is 37.1 Å². The molecule has 1 fully saturated rings. The Morgan fingerprint density at radius 3 is 2.30 bits per heavy atom. The summed E-state index contributed by atoms with van der Waals surface area (Å²) < 4.78 is 39.5. The number of benzene rings is 1. The fourth-order valence-electron chi connectivity index (χ4n) is 3.76. The maximum absolute atomic E-state index is 12.8. The quantitative estimate of drug-likeness (QED) is 0.844. The molecule has 0 saturated heterocycles. The van der Waals surface area contributed by atoms with Gasteiger partial charge in [0.15, 0.2) is 0 Å². The van der Waals surface area contributed by atoms with Crippen LogP contribution in [-0.4, -0.2) is 15.6 Å². The van der Waals surface area contributed by atoms with Crippen LogP contribution in [0.4, 0.5) is 13.2 Å². The van der Waals surface area contributed by atoms with Gasteiger partial charge >= 0.3 is 12.1 Å². The third-order valence-electron chi connectivity index (χ3n) is 5.14. The summed E-state index contributed by atoms with van der Waals surface area (Å²) in [4.78, 5) is 23.5. The highest BCUT2D eigenvalue weighted by molar-refractivity contribution is 5.76. The Bertz CT molecular complexity index is 865. The van der Waals surface area contributed by atoms with Crippen LogP contribution in [0.3, 0.4) is 0 Å². The standard InChI is InChI=1S/C20H20F3NO3/c21-20(22,23)16-9-10-17(25)24(12-16)11-13-5-7-15(8-6-13)18(19(26)27)14-3-1-2-4-14/h5-10,12,14,18H,1-4,11H2,(H,26,27)/t18-/m0/s1. The van der Waals surface area contributed by atoms with E-state index in [1.54, 1.807) is 24.3 Å². The first kappa shape index (κ1) is 19.2. The molecular weight excluding hydrogens is 359 g/mol. The summed E-state index contributed by atoms with van der Waals surface area (Å²) in [6.45, 7) is -0.00972. The van der Waals surface area contributed by atoms with E-state index in [0.717, 1.165) is 48.6 Å². The van der Waals surface area contributed by atoms with Crippen molar-refractivity contribution >= 4 is 5.97 Å². The lowest BCUT2D eigenvalue weighted by molar-refractivity contribution is -0.140. The van der Waals surface area contributed by atoms with Crippen molar-refractivity contribution in [2.45, 2.75) is 44.3 Å². The van der Waals surface area contributed by atoms with Crippen molar-refractivity contribution in [2.75, 3.05) is 0 Å². The zero-order valence-electron chi connectivity index (χ0n) is 14.6. The maximum Gasteiger partial charge on any atom is 0.417 e. The van der Waals surface area contributed by atoms with Crippen LogP contribution in [-0.2, 0) is 17.5 Å². The van der Waals surface area contributed by atoms with Gasteiger partial charge in [-0.25, -0.2) is 0 Å². The van der Waals surface area contributed by atoms with Crippen LogP contribution < -0.4 is 5.56 Å². The predicted octanol–water partition coefficient (Wildman–Crippen LogP) is 4.27. The lowest BCUT2D eigenvalue weighted by atomic mass is 9.84. The molecule has 1 N–H and O–H groups in total. The van der Waals surface area contributed by atoms with Gasteiger partial charge in [0, 0.05) is 12.3 Å². The molecule has 1 aromatic carbocycles. The van der Waals surface area contributed by atoms with Crippen molar-refractivity contribution < 1.29 is 23.1 Å². The van der Waals surface area contributed by atoms with E-state index in [-0.39, 0.29) is 12.5 Å². The Hall–Kier alpha value is -2.57. The Labute approximate surface area is 154 Å². The van der Waals surface area contributed by atoms with E-state index in [0.29, 0.717) is 11.1 Å². The normalized spacial score (nSPS) is 16.4. The molecule has 7 heteroatoms. The lowest BCUT2D eigenvalue weighted by Gasteiger charge is -2.20. The Morgan fingerprint density at radius 2 is 1.74 bits per heavy atom. The zero-order valence-corrected chi connectivity index (χ0v) is 14.6. The van der Waals surface area contributed by atoms with E-state index in [1.165, 1.54) is 0 Å². The third kappa shape index (κ3) is 4.40. The molecule has 0 amide bonds. The first-order valence-corrected chi connectivity index (χ1v) is 8.85. The molecule has 1 saturated carbocycles. The SMILES string of the molecule is O=C(O)[C@H](c1ccc(Cn2cc(C(F)(F)F)ccc2=O)cc1)C1CCCC1. The fourth-order valence-corrected chi connectivity index (χ4v) is 3.76. The Morgan fingerprint density at radius 1 is 1.11 bits per heavy atom. The van der Waals surface area contributed by atoms with E-state index in [9.17, 15) is 27.9 Å². The van der Waals surface area contributed by atoms with Crippen LogP contribution in [0.2, 0.25) is 0 Å². The van der Waals surface area contributed by atoms with Crippen LogP contribution in [0.15, 0.2) is 47.4 Å². The average Bonchev–Trinajstić information content (AvgIpc) is 3.11. The van der Waals surface area contributed by atoms with Crippen molar-refractivity contribution in [1.29, 1.82) is 0 Å². The molecule has 0 unspecified atom stereocenters. The maximum atomic E-state index is 12.8. The second-order valence-electron chi connectivity index (χ2n) is 6.98. The number of carbonyl (C=O) groups is 1. The highest BCUT2D eigenvalue weighted by Gasteiger charge is 2.32. The van der Waals surface area contributed by atoms with E-state index in [4.69, 9.17) is 0 Å². The third-order valence-corrected chi connectivity index (χ3v) is 5.14. The number of hydrogen-bond donors (Lipinski definition) is 1. The molecule has 1 atom stereocenters. The second kappa shape index (κ2) is 7.58. The van der Waals surface area contributed by atoms with Crippen LogP contribution in [0.5, 0.6) is 0 Å². The molecular formula is C20H20F3NO3. The van der Waals surface area contributed by atoms with Crippen molar-refractivity contribution in [3.63, 3.8) is 0 Å². The molecule has 2 aromatic rings. The number of carboxylic acid groups (broad SMARTS) is 1. The average molecular weight is 379 g/mol. The molecule has 27 heavy (non-hydrogen) atoms. The molecule has 1 aromatic heterocycles. The zero-order chi connectivity index (χ0) is 19.6. The van der Waals surface area contributed by atoms with Gasteiger partial charge in [-0.15, -0.1) is 0 Å². The number of halogens is 3. The first-order valence-electron chi connectivity index (χ1n) is 8.85. The number of pyridine rings is 1. The van der Waals surface area contributed by atoms with E-state index < -0.39 is 29.2 Å². The molecule has 0 spiro atoms. The largest absolute Gasteiger partial charge is 0.481 e. The Balaban J connectivity index is 1.82. The van der Waals surface area contributed by atoms with Crippen LogP contribution >= 0.6 is 0 Å². The number of carboxylic acids is 1. The van der Waals surface area contributed by atoms with Gasteiger partial charge in [0.05, 0.1) is 18.0 Å². The monoisotopic (exact) mass is 379 g/mol. The minimum Gasteiger partial charge on any atom is -0.481 e. The lowest BCUT2D eigenvalue weighted by Crippen LogP contribution is -2.22. The molecule has 4 nitrogen and oxygen atoms in total. The summed E-state index contributed by atoms with van der Waals surface area (Å²) in [6, 6.07) is 8.41. The van der Waals surface area contributed by atoms with Crippen LogP contribution in [0, 0.1) is 5.92 Å². The molecule has 0 aliphatic heterocycles. The van der Waals surface area contributed by atoms with Gasteiger partial charge in [-0.2, -0.15) is 13.2 Å². The van der Waals surface area contributed by atoms with Crippen molar-refractivity contribution in [2.24, 2.45) is 5.92 Å². The van der Waals surface area contributed by atoms with Crippen LogP contribution in [0.25, 0.3) is 0 Å². The van der Waals surface area contributed by atoms with Gasteiger partial charge in [-0.3, -0.25) is 9.59 Å². The van der Waals surface area contributed by atoms with Crippen molar-refractivity contribution in [1.82, 2.24) is 4.57 Å². The first-order chi connectivity index (χ1) is 12.8. The number of aliphatic carboxylic acids is 1. The highest BCUT2D eigenvalue weighted by Crippen LogP contribution is 2.37. The smallest absolute Gasteiger partial charge is 0.417 e. The van der Waals surface area contributed by atoms with Gasteiger partial charge < -0.3 is 9.67 Å². The van der Waals surface area contributed by atoms with E-state index >= 15 is 0 Å². The molecule has 1 aliphatic carbocycles. The van der Waals surface area contributed by atoms with E-state index in [1.807, 2.05) is 0 Å². The minimum absolute atomic E-state index is 0.00972. The molecule has 0 radical (unpaired) electrons. The molecule has 1 aliphatic rings. The van der Waals surface area contributed by atoms with Gasteiger partial charge in [0.25, 0.3) is 5.56 Å². The van der Waals surface area contributed by atoms with Crippen molar-refractivity contribution in [3.05, 3.63) is 69.6 Å². The highest BCUT2D eigenvalue weighted by atomic mass is 19.4. The number of rotatable bonds is 5. The van der Waals surface area contributed by atoms with Crippen LogP contribution in [0.1, 0.15) is 48.3 Å². The summed E-state index contributed by atoms with van der Waals surface area (Å²) in [5.41, 5.74) is -0.0855. The molecule has 3 rings (SSSR count). The van der Waals surface area contributed by atoms with Gasteiger partial charge in [0.1, 0.15) is 0 Å². The summed E-state index contributed by atoms with van der Waals surface area (Å²) in [6.07, 6.45) is 0.122. The summed E-state index contributed by atoms with van der Waals surface area (Å²) >= 11 is 0. The number of hydrogen-bond acceptors (Lipinski definition) is 2. The van der Waals surface area contributed by atoms with Crippen molar-refractivity contribution in [3.8, 4) is 0 Å². The molecule has 0 bridgehead atoms. The van der Waals surface area contributed by atoms with Gasteiger partial charge in [-0.05, 0) is 36.0 Å². The number of nitrogens with zero attached hydrogens (tertiary/aromatic N) is 1. The Kier molecular flexibility index (Phi) is 5.39. The van der Waals surface area contributed by atoms with E-state index in [2.05, 4.69) is 0 Å². The number of alkyl halides is 3. The minimum atomic E-state index is -4.52. The second-order valence-corrected chi connectivity index (χ2v) is 6.98. The summed E-state index contributed by atoms with van der Waals surface area (Å²) in [7, 11) is 0. The summed E-state index contributed by atoms with van der Waals surface area (Å²) in [5.74, 6) is -1.32. The molecule has 1 heterocycles. The van der Waals surface area contributed by atoms with Gasteiger partial charge in [0.2, 0.25) is 0 Å². The summed E-state index contributed by atoms with van der Waals surface area (Å²) in [5, 5.41) is 9.58. The predicted molar refractivity (Wildman–Crippen MR) is 93.6 cm³/mol.